The second-order valence-electron chi connectivity index (χ2n) is 7.46. The summed E-state index contributed by atoms with van der Waals surface area (Å²) >= 11 is 6.05. The van der Waals surface area contributed by atoms with Gasteiger partial charge in [0.15, 0.2) is 0 Å². The summed E-state index contributed by atoms with van der Waals surface area (Å²) in [5.74, 6) is -0.656. The third kappa shape index (κ3) is 5.28. The number of amides is 2. The molecule has 1 unspecified atom stereocenters. The number of likely N-dealkylation sites (N-methyl/N-ethyl adjacent to an activating group) is 1. The Morgan fingerprint density at radius 3 is 2.41 bits per heavy atom. The number of nitrogens with one attached hydrogen (secondary N) is 2. The molecule has 1 atom stereocenters. The molecule has 1 saturated heterocycles. The molecule has 2 aromatic rings. The van der Waals surface area contributed by atoms with Crippen LogP contribution >= 0.6 is 11.6 Å². The van der Waals surface area contributed by atoms with Gasteiger partial charge in [0.2, 0.25) is 5.91 Å². The molecule has 7 heteroatoms. The predicted molar refractivity (Wildman–Crippen MR) is 118 cm³/mol. The van der Waals surface area contributed by atoms with Gasteiger partial charge in [0, 0.05) is 37.6 Å². The van der Waals surface area contributed by atoms with Gasteiger partial charge in [-0.1, -0.05) is 23.7 Å². The van der Waals surface area contributed by atoms with Gasteiger partial charge in [-0.15, -0.1) is 0 Å². The van der Waals surface area contributed by atoms with Crippen LogP contribution in [-0.4, -0.2) is 56.0 Å². The van der Waals surface area contributed by atoms with Crippen LogP contribution < -0.4 is 15.5 Å². The van der Waals surface area contributed by atoms with Crippen molar-refractivity contribution in [1.82, 2.24) is 10.2 Å². The number of benzene rings is 2. The van der Waals surface area contributed by atoms with E-state index >= 15 is 0 Å². The summed E-state index contributed by atoms with van der Waals surface area (Å²) in [6, 6.07) is 12.0. The van der Waals surface area contributed by atoms with Crippen LogP contribution in [0, 0.1) is 6.92 Å². The van der Waals surface area contributed by atoms with E-state index in [-0.39, 0.29) is 11.8 Å². The van der Waals surface area contributed by atoms with E-state index in [1.807, 2.05) is 25.1 Å². The van der Waals surface area contributed by atoms with Gasteiger partial charge in [-0.2, -0.15) is 0 Å². The van der Waals surface area contributed by atoms with E-state index in [2.05, 4.69) is 27.5 Å². The van der Waals surface area contributed by atoms with Crippen molar-refractivity contribution in [3.05, 3.63) is 58.6 Å². The predicted octanol–water partition coefficient (Wildman–Crippen LogP) is 3.16. The highest BCUT2D eigenvalue weighted by Gasteiger charge is 2.19. The van der Waals surface area contributed by atoms with E-state index in [0.717, 1.165) is 31.7 Å². The second kappa shape index (κ2) is 9.29. The molecular weight excluding hydrogens is 388 g/mol. The van der Waals surface area contributed by atoms with Crippen molar-refractivity contribution in [2.75, 3.05) is 43.4 Å². The lowest BCUT2D eigenvalue weighted by Crippen LogP contribution is -2.44. The monoisotopic (exact) mass is 414 g/mol. The number of halogens is 1. The maximum atomic E-state index is 12.5. The minimum Gasteiger partial charge on any atom is -0.369 e. The molecule has 0 radical (unpaired) electrons. The van der Waals surface area contributed by atoms with Gasteiger partial charge >= 0.3 is 0 Å². The lowest BCUT2D eigenvalue weighted by molar-refractivity contribution is -0.117. The largest absolute Gasteiger partial charge is 0.369 e. The van der Waals surface area contributed by atoms with Crippen LogP contribution in [0.4, 0.5) is 11.4 Å². The highest BCUT2D eigenvalue weighted by molar-refractivity contribution is 6.33. The summed E-state index contributed by atoms with van der Waals surface area (Å²) in [6.45, 7) is 7.77. The Morgan fingerprint density at radius 2 is 1.76 bits per heavy atom. The Balaban J connectivity index is 1.60. The van der Waals surface area contributed by atoms with E-state index in [9.17, 15) is 9.59 Å². The number of aryl methyl sites for hydroxylation is 1. The molecule has 154 valence electrons. The SMILES string of the molecule is Cc1cc(NC(=O)C(C)NC(=O)c2ccccc2Cl)ccc1N1CCN(C)CC1. The molecule has 29 heavy (non-hydrogen) atoms. The van der Waals surface area contributed by atoms with Crippen molar-refractivity contribution >= 4 is 34.8 Å². The first-order chi connectivity index (χ1) is 13.8. The Bertz CT molecular complexity index is 894. The normalized spacial score (nSPS) is 15.7. The molecule has 2 amide bonds. The first-order valence-electron chi connectivity index (χ1n) is 9.75. The van der Waals surface area contributed by atoms with E-state index in [4.69, 9.17) is 11.6 Å². The second-order valence-corrected chi connectivity index (χ2v) is 7.86. The lowest BCUT2D eigenvalue weighted by atomic mass is 10.1. The van der Waals surface area contributed by atoms with Gasteiger partial charge in [-0.05, 0) is 56.8 Å². The fourth-order valence-electron chi connectivity index (χ4n) is 3.37. The van der Waals surface area contributed by atoms with Gasteiger partial charge in [0.25, 0.3) is 5.91 Å². The van der Waals surface area contributed by atoms with Crippen LogP contribution in [0.25, 0.3) is 0 Å². The van der Waals surface area contributed by atoms with Crippen molar-refractivity contribution in [3.8, 4) is 0 Å². The molecule has 0 saturated carbocycles. The molecule has 0 aromatic heterocycles. The number of rotatable bonds is 5. The summed E-state index contributed by atoms with van der Waals surface area (Å²) in [5, 5.41) is 5.92. The van der Waals surface area contributed by atoms with Gasteiger partial charge in [-0.3, -0.25) is 9.59 Å². The summed E-state index contributed by atoms with van der Waals surface area (Å²) in [7, 11) is 2.13. The first-order valence-corrected chi connectivity index (χ1v) is 10.1. The Kier molecular flexibility index (Phi) is 6.77. The van der Waals surface area contributed by atoms with Gasteiger partial charge in [-0.25, -0.2) is 0 Å². The molecule has 2 aromatic carbocycles. The van der Waals surface area contributed by atoms with Crippen LogP contribution in [0.1, 0.15) is 22.8 Å². The molecule has 1 aliphatic rings. The molecule has 1 aliphatic heterocycles. The third-order valence-corrected chi connectivity index (χ3v) is 5.50. The minimum atomic E-state index is -0.698. The highest BCUT2D eigenvalue weighted by atomic mass is 35.5. The molecule has 0 spiro atoms. The molecule has 1 fully saturated rings. The summed E-state index contributed by atoms with van der Waals surface area (Å²) < 4.78 is 0. The molecule has 0 aliphatic carbocycles. The van der Waals surface area contributed by atoms with E-state index in [0.29, 0.717) is 16.3 Å². The van der Waals surface area contributed by atoms with E-state index < -0.39 is 6.04 Å². The van der Waals surface area contributed by atoms with Crippen LogP contribution in [0.2, 0.25) is 5.02 Å². The van der Waals surface area contributed by atoms with Crippen LogP contribution in [0.15, 0.2) is 42.5 Å². The highest BCUT2D eigenvalue weighted by Crippen LogP contribution is 2.24. The van der Waals surface area contributed by atoms with Crippen LogP contribution in [0.5, 0.6) is 0 Å². The molecule has 6 nitrogen and oxygen atoms in total. The zero-order valence-electron chi connectivity index (χ0n) is 17.0. The van der Waals surface area contributed by atoms with Crippen molar-refractivity contribution in [2.45, 2.75) is 19.9 Å². The average Bonchev–Trinajstić information content (AvgIpc) is 2.69. The number of anilines is 2. The lowest BCUT2D eigenvalue weighted by Gasteiger charge is -2.35. The molecule has 3 rings (SSSR count). The van der Waals surface area contributed by atoms with Crippen LogP contribution in [-0.2, 0) is 4.79 Å². The molecular formula is C22H27ClN4O2. The average molecular weight is 415 g/mol. The number of carbonyl (C=O) groups is 2. The zero-order valence-corrected chi connectivity index (χ0v) is 17.8. The third-order valence-electron chi connectivity index (χ3n) is 5.17. The number of carbonyl (C=O) groups excluding carboxylic acids is 2. The van der Waals surface area contributed by atoms with Crippen molar-refractivity contribution in [1.29, 1.82) is 0 Å². The summed E-state index contributed by atoms with van der Waals surface area (Å²) in [5.41, 5.74) is 3.36. The van der Waals surface area contributed by atoms with E-state index in [1.165, 1.54) is 5.69 Å². The topological polar surface area (TPSA) is 64.7 Å². The van der Waals surface area contributed by atoms with Gasteiger partial charge in [0.05, 0.1) is 10.6 Å². The fraction of sp³-hybridized carbons (Fsp3) is 0.364. The smallest absolute Gasteiger partial charge is 0.253 e. The molecule has 1 heterocycles. The van der Waals surface area contributed by atoms with Crippen LogP contribution in [0.3, 0.4) is 0 Å². The van der Waals surface area contributed by atoms with Crippen molar-refractivity contribution < 1.29 is 9.59 Å². The Labute approximate surface area is 176 Å². The maximum Gasteiger partial charge on any atom is 0.253 e. The maximum absolute atomic E-state index is 12.5. The van der Waals surface area contributed by atoms with Crippen molar-refractivity contribution in [2.24, 2.45) is 0 Å². The van der Waals surface area contributed by atoms with Crippen molar-refractivity contribution in [3.63, 3.8) is 0 Å². The van der Waals surface area contributed by atoms with Gasteiger partial charge < -0.3 is 20.4 Å². The number of hydrogen-bond acceptors (Lipinski definition) is 4. The Hall–Kier alpha value is -2.57. The Morgan fingerprint density at radius 1 is 1.07 bits per heavy atom. The quantitative estimate of drug-likeness (QED) is 0.788. The number of piperazine rings is 1. The first kappa shape index (κ1) is 21.1. The number of nitrogens with zero attached hydrogens (tertiary/aromatic N) is 2. The number of hydrogen-bond donors (Lipinski definition) is 2. The fourth-order valence-corrected chi connectivity index (χ4v) is 3.59. The molecule has 0 bridgehead atoms. The minimum absolute atomic E-state index is 0.280. The van der Waals surface area contributed by atoms with E-state index in [1.54, 1.807) is 31.2 Å². The van der Waals surface area contributed by atoms with Gasteiger partial charge in [0.1, 0.15) is 6.04 Å². The zero-order chi connectivity index (χ0) is 21.0. The summed E-state index contributed by atoms with van der Waals surface area (Å²) in [6.07, 6.45) is 0. The summed E-state index contributed by atoms with van der Waals surface area (Å²) in [4.78, 5) is 29.6. The molecule has 2 N–H and O–H groups in total. The standard InChI is InChI=1S/C22H27ClN4O2/c1-15-14-17(8-9-20(15)27-12-10-26(3)11-13-27)25-21(28)16(2)24-22(29)18-6-4-5-7-19(18)23/h4-9,14,16H,10-13H2,1-3H3,(H,24,29)(H,25,28).